The van der Waals surface area contributed by atoms with Crippen molar-refractivity contribution in [2.45, 2.75) is 44.9 Å². The van der Waals surface area contributed by atoms with Crippen molar-refractivity contribution in [3.63, 3.8) is 0 Å². The average Bonchev–Trinajstić information content (AvgIpc) is 2.89. The van der Waals surface area contributed by atoms with Gasteiger partial charge in [0, 0.05) is 19.2 Å². The van der Waals surface area contributed by atoms with Gasteiger partial charge in [0.05, 0.1) is 6.10 Å². The molecule has 1 aromatic carbocycles. The largest absolute Gasteiger partial charge is 0.491 e. The molecular formula is C16H25NO3. The molecule has 2 rings (SSSR count). The number of aryl methyl sites for hydroxylation is 1. The first kappa shape index (κ1) is 15.3. The third kappa shape index (κ3) is 4.47. The Morgan fingerprint density at radius 3 is 2.75 bits per heavy atom. The standard InChI is InChI=1S/C16H25NO3/c1-3-13-4-6-15(7-5-13)20-11-14(18)10-17-16-8-9-19-12(16)2/h4-7,12,14,16-18H,3,8-11H2,1-2H3. The van der Waals surface area contributed by atoms with E-state index in [0.717, 1.165) is 25.2 Å². The number of aliphatic hydroxyl groups is 1. The third-order valence-corrected chi connectivity index (χ3v) is 3.77. The van der Waals surface area contributed by atoms with Gasteiger partial charge in [-0.05, 0) is 37.5 Å². The molecule has 20 heavy (non-hydrogen) atoms. The number of nitrogens with one attached hydrogen (secondary N) is 1. The van der Waals surface area contributed by atoms with Crippen LogP contribution in [0.2, 0.25) is 0 Å². The third-order valence-electron chi connectivity index (χ3n) is 3.77. The van der Waals surface area contributed by atoms with Crippen molar-refractivity contribution in [2.75, 3.05) is 19.8 Å². The summed E-state index contributed by atoms with van der Waals surface area (Å²) >= 11 is 0. The Hall–Kier alpha value is -1.10. The highest BCUT2D eigenvalue weighted by Gasteiger charge is 2.24. The SMILES string of the molecule is CCc1ccc(OCC(O)CNC2CCOC2C)cc1. The number of ether oxygens (including phenoxy) is 2. The van der Waals surface area contributed by atoms with E-state index in [1.165, 1.54) is 5.56 Å². The highest BCUT2D eigenvalue weighted by molar-refractivity contribution is 5.27. The molecule has 0 aliphatic carbocycles. The van der Waals surface area contributed by atoms with Crippen molar-refractivity contribution in [1.29, 1.82) is 0 Å². The van der Waals surface area contributed by atoms with Crippen LogP contribution in [0.25, 0.3) is 0 Å². The summed E-state index contributed by atoms with van der Waals surface area (Å²) in [4.78, 5) is 0. The van der Waals surface area contributed by atoms with Crippen molar-refractivity contribution in [3.8, 4) is 5.75 Å². The predicted octanol–water partition coefficient (Wildman–Crippen LogP) is 1.76. The van der Waals surface area contributed by atoms with Gasteiger partial charge in [0.2, 0.25) is 0 Å². The van der Waals surface area contributed by atoms with Gasteiger partial charge in [-0.1, -0.05) is 19.1 Å². The van der Waals surface area contributed by atoms with Crippen LogP contribution >= 0.6 is 0 Å². The molecule has 0 aromatic heterocycles. The van der Waals surface area contributed by atoms with Gasteiger partial charge in [0.1, 0.15) is 18.5 Å². The molecule has 0 saturated carbocycles. The highest BCUT2D eigenvalue weighted by atomic mass is 16.5. The molecule has 1 fully saturated rings. The van der Waals surface area contributed by atoms with E-state index in [1.807, 2.05) is 12.1 Å². The molecule has 0 spiro atoms. The lowest BCUT2D eigenvalue weighted by atomic mass is 10.1. The normalized spacial score (nSPS) is 23.8. The fourth-order valence-corrected chi connectivity index (χ4v) is 2.36. The lowest BCUT2D eigenvalue weighted by molar-refractivity contribution is 0.0897. The van der Waals surface area contributed by atoms with Crippen molar-refractivity contribution >= 4 is 0 Å². The molecule has 1 heterocycles. The monoisotopic (exact) mass is 279 g/mol. The van der Waals surface area contributed by atoms with Crippen LogP contribution in [-0.4, -0.2) is 43.1 Å². The van der Waals surface area contributed by atoms with E-state index in [9.17, 15) is 5.11 Å². The Morgan fingerprint density at radius 2 is 2.15 bits per heavy atom. The van der Waals surface area contributed by atoms with Gasteiger partial charge in [0.15, 0.2) is 0 Å². The second-order valence-electron chi connectivity index (χ2n) is 5.34. The Labute approximate surface area is 121 Å². The molecule has 3 unspecified atom stereocenters. The van der Waals surface area contributed by atoms with E-state index >= 15 is 0 Å². The summed E-state index contributed by atoms with van der Waals surface area (Å²) in [5, 5.41) is 13.3. The Bertz CT molecular complexity index is 393. The zero-order chi connectivity index (χ0) is 14.4. The molecule has 1 aliphatic rings. The summed E-state index contributed by atoms with van der Waals surface area (Å²) in [5.41, 5.74) is 1.29. The molecule has 0 bridgehead atoms. The van der Waals surface area contributed by atoms with Crippen LogP contribution in [0.1, 0.15) is 25.8 Å². The van der Waals surface area contributed by atoms with E-state index in [2.05, 4.69) is 31.3 Å². The van der Waals surface area contributed by atoms with Gasteiger partial charge in [-0.3, -0.25) is 0 Å². The van der Waals surface area contributed by atoms with Crippen LogP contribution in [0.5, 0.6) is 5.75 Å². The second kappa shape index (κ2) is 7.62. The highest BCUT2D eigenvalue weighted by Crippen LogP contribution is 2.14. The molecule has 0 amide bonds. The van der Waals surface area contributed by atoms with Crippen LogP contribution in [0.4, 0.5) is 0 Å². The Balaban J connectivity index is 1.67. The molecule has 112 valence electrons. The Kier molecular flexibility index (Phi) is 5.83. The quantitative estimate of drug-likeness (QED) is 0.798. The first-order valence-corrected chi connectivity index (χ1v) is 7.44. The van der Waals surface area contributed by atoms with Crippen LogP contribution in [-0.2, 0) is 11.2 Å². The number of benzene rings is 1. The summed E-state index contributed by atoms with van der Waals surface area (Å²) in [5.74, 6) is 0.804. The summed E-state index contributed by atoms with van der Waals surface area (Å²) < 4.78 is 11.1. The van der Waals surface area contributed by atoms with Gasteiger partial charge < -0.3 is 19.9 Å². The minimum absolute atomic E-state index is 0.227. The summed E-state index contributed by atoms with van der Waals surface area (Å²) in [6, 6.07) is 8.35. The van der Waals surface area contributed by atoms with Gasteiger partial charge in [-0.2, -0.15) is 0 Å². The van der Waals surface area contributed by atoms with Crippen molar-refractivity contribution in [2.24, 2.45) is 0 Å². The van der Waals surface area contributed by atoms with Crippen LogP contribution in [0, 0.1) is 0 Å². The van der Waals surface area contributed by atoms with Gasteiger partial charge in [-0.15, -0.1) is 0 Å². The molecular weight excluding hydrogens is 254 g/mol. The van der Waals surface area contributed by atoms with Gasteiger partial charge in [-0.25, -0.2) is 0 Å². The number of hydrogen-bond donors (Lipinski definition) is 2. The molecule has 1 aromatic rings. The molecule has 4 nitrogen and oxygen atoms in total. The molecule has 0 radical (unpaired) electrons. The Morgan fingerprint density at radius 1 is 1.40 bits per heavy atom. The lowest BCUT2D eigenvalue weighted by Gasteiger charge is -2.19. The first-order chi connectivity index (χ1) is 9.69. The molecule has 1 aliphatic heterocycles. The topological polar surface area (TPSA) is 50.7 Å². The molecule has 2 N–H and O–H groups in total. The van der Waals surface area contributed by atoms with Crippen molar-refractivity contribution in [3.05, 3.63) is 29.8 Å². The molecule has 1 saturated heterocycles. The summed E-state index contributed by atoms with van der Waals surface area (Å²) in [7, 11) is 0. The van der Waals surface area contributed by atoms with E-state index in [-0.39, 0.29) is 6.10 Å². The maximum absolute atomic E-state index is 9.93. The lowest BCUT2D eigenvalue weighted by Crippen LogP contribution is -2.41. The maximum Gasteiger partial charge on any atom is 0.119 e. The first-order valence-electron chi connectivity index (χ1n) is 7.44. The van der Waals surface area contributed by atoms with Gasteiger partial charge in [0.25, 0.3) is 0 Å². The van der Waals surface area contributed by atoms with Gasteiger partial charge >= 0.3 is 0 Å². The summed E-state index contributed by atoms with van der Waals surface area (Å²) in [6.45, 7) is 5.82. The zero-order valence-electron chi connectivity index (χ0n) is 12.3. The van der Waals surface area contributed by atoms with Crippen LogP contribution in [0.3, 0.4) is 0 Å². The zero-order valence-corrected chi connectivity index (χ0v) is 12.3. The smallest absolute Gasteiger partial charge is 0.119 e. The number of rotatable bonds is 7. The van der Waals surface area contributed by atoms with Crippen molar-refractivity contribution in [1.82, 2.24) is 5.32 Å². The summed E-state index contributed by atoms with van der Waals surface area (Å²) in [6.07, 6.45) is 1.75. The number of hydrogen-bond acceptors (Lipinski definition) is 4. The number of aliphatic hydroxyl groups excluding tert-OH is 1. The predicted molar refractivity (Wildman–Crippen MR) is 79.1 cm³/mol. The minimum atomic E-state index is -0.506. The van der Waals surface area contributed by atoms with Crippen molar-refractivity contribution < 1.29 is 14.6 Å². The van der Waals surface area contributed by atoms with Crippen LogP contribution < -0.4 is 10.1 Å². The van der Waals surface area contributed by atoms with Crippen LogP contribution in [0.15, 0.2) is 24.3 Å². The fraction of sp³-hybridized carbons (Fsp3) is 0.625. The average molecular weight is 279 g/mol. The van der Waals surface area contributed by atoms with E-state index in [0.29, 0.717) is 19.2 Å². The van der Waals surface area contributed by atoms with E-state index in [4.69, 9.17) is 9.47 Å². The fourth-order valence-electron chi connectivity index (χ4n) is 2.36. The molecule has 3 atom stereocenters. The molecule has 4 heteroatoms. The minimum Gasteiger partial charge on any atom is -0.491 e. The maximum atomic E-state index is 9.93. The van der Waals surface area contributed by atoms with E-state index < -0.39 is 6.10 Å². The van der Waals surface area contributed by atoms with E-state index in [1.54, 1.807) is 0 Å². The second-order valence-corrected chi connectivity index (χ2v) is 5.34.